The van der Waals surface area contributed by atoms with E-state index in [-0.39, 0.29) is 5.82 Å². The van der Waals surface area contributed by atoms with Crippen molar-refractivity contribution >= 4 is 8.07 Å². The van der Waals surface area contributed by atoms with Crippen molar-refractivity contribution in [2.45, 2.75) is 46.0 Å². The van der Waals surface area contributed by atoms with E-state index >= 15 is 0 Å². The van der Waals surface area contributed by atoms with Crippen LogP contribution >= 0.6 is 0 Å². The molecular formula is C17H30FNSi. The predicted octanol–water partition coefficient (Wildman–Crippen LogP) is 4.57. The molecule has 1 N–H and O–H groups in total. The maximum absolute atomic E-state index is 13.8. The van der Waals surface area contributed by atoms with Crippen molar-refractivity contribution in [3.63, 3.8) is 0 Å². The number of nitrogens with one attached hydrogen (secondary N) is 1. The summed E-state index contributed by atoms with van der Waals surface area (Å²) in [6.45, 7) is 13.7. The van der Waals surface area contributed by atoms with E-state index in [4.69, 9.17) is 0 Å². The fourth-order valence-electron chi connectivity index (χ4n) is 2.63. The van der Waals surface area contributed by atoms with Crippen LogP contribution in [0.4, 0.5) is 4.39 Å². The smallest absolute Gasteiger partial charge is 0.126 e. The van der Waals surface area contributed by atoms with Gasteiger partial charge in [-0.05, 0) is 43.0 Å². The lowest BCUT2D eigenvalue weighted by atomic mass is 10.00. The van der Waals surface area contributed by atoms with Crippen molar-refractivity contribution in [2.24, 2.45) is 11.8 Å². The highest BCUT2D eigenvalue weighted by Crippen LogP contribution is 2.22. The second-order valence-electron chi connectivity index (χ2n) is 7.48. The van der Waals surface area contributed by atoms with Gasteiger partial charge < -0.3 is 5.32 Å². The first-order valence-electron chi connectivity index (χ1n) is 7.72. The molecule has 0 heterocycles. The predicted molar refractivity (Wildman–Crippen MR) is 89.5 cm³/mol. The quantitative estimate of drug-likeness (QED) is 0.693. The second-order valence-corrected chi connectivity index (χ2v) is 13.0. The minimum atomic E-state index is -1.13. The van der Waals surface area contributed by atoms with Crippen LogP contribution in [0.15, 0.2) is 24.3 Å². The molecule has 0 aliphatic rings. The Kier molecular flexibility index (Phi) is 6.90. The molecule has 0 amide bonds. The molecule has 0 spiro atoms. The van der Waals surface area contributed by atoms with Crippen molar-refractivity contribution in [2.75, 3.05) is 13.1 Å². The van der Waals surface area contributed by atoms with E-state index in [1.807, 2.05) is 12.1 Å². The highest BCUT2D eigenvalue weighted by molar-refractivity contribution is 6.76. The summed E-state index contributed by atoms with van der Waals surface area (Å²) in [5.74, 6) is 1.14. The third-order valence-corrected chi connectivity index (χ3v) is 5.16. The molecule has 20 heavy (non-hydrogen) atoms. The molecule has 0 saturated carbocycles. The molecule has 1 aromatic carbocycles. The molecule has 114 valence electrons. The summed E-state index contributed by atoms with van der Waals surface area (Å²) in [6.07, 6.45) is 0.849. The van der Waals surface area contributed by atoms with Crippen molar-refractivity contribution in [1.29, 1.82) is 0 Å². The van der Waals surface area contributed by atoms with Gasteiger partial charge in [-0.3, -0.25) is 0 Å². The van der Waals surface area contributed by atoms with E-state index in [0.717, 1.165) is 25.1 Å². The largest absolute Gasteiger partial charge is 0.316 e. The fourth-order valence-corrected chi connectivity index (χ4v) is 4.65. The standard InChI is InChI=1S/C17H30FNSi/c1-14(2)11-19-12-15(13-20(3,4)5)10-16-8-6-7-9-17(16)18/h6-9,14-15,19H,10-13H2,1-5H3. The molecule has 0 fully saturated rings. The minimum Gasteiger partial charge on any atom is -0.316 e. The summed E-state index contributed by atoms with van der Waals surface area (Å²) >= 11 is 0. The highest BCUT2D eigenvalue weighted by Gasteiger charge is 2.21. The molecule has 1 aromatic rings. The first-order valence-corrected chi connectivity index (χ1v) is 11.4. The molecule has 1 nitrogen and oxygen atoms in total. The number of hydrogen-bond donors (Lipinski definition) is 1. The zero-order valence-corrected chi connectivity index (χ0v) is 14.7. The summed E-state index contributed by atoms with van der Waals surface area (Å²) in [7, 11) is -1.13. The average Bonchev–Trinajstić information content (AvgIpc) is 2.29. The fraction of sp³-hybridized carbons (Fsp3) is 0.647. The summed E-state index contributed by atoms with van der Waals surface area (Å²) in [5, 5.41) is 3.55. The van der Waals surface area contributed by atoms with E-state index in [1.54, 1.807) is 12.1 Å². The maximum Gasteiger partial charge on any atom is 0.126 e. The van der Waals surface area contributed by atoms with Gasteiger partial charge in [-0.2, -0.15) is 0 Å². The van der Waals surface area contributed by atoms with E-state index in [2.05, 4.69) is 38.8 Å². The number of benzene rings is 1. The van der Waals surface area contributed by atoms with Crippen molar-refractivity contribution < 1.29 is 4.39 Å². The lowest BCUT2D eigenvalue weighted by Crippen LogP contribution is -2.33. The van der Waals surface area contributed by atoms with Crippen LogP contribution in [0.2, 0.25) is 25.7 Å². The first kappa shape index (κ1) is 17.4. The molecule has 3 heteroatoms. The van der Waals surface area contributed by atoms with Gasteiger partial charge in [0, 0.05) is 8.07 Å². The summed E-state index contributed by atoms with van der Waals surface area (Å²) in [4.78, 5) is 0. The molecule has 0 aliphatic carbocycles. The average molecular weight is 296 g/mol. The van der Waals surface area contributed by atoms with E-state index in [0.29, 0.717) is 11.8 Å². The van der Waals surface area contributed by atoms with Crippen LogP contribution in [0.1, 0.15) is 19.4 Å². The van der Waals surface area contributed by atoms with Crippen LogP contribution in [-0.4, -0.2) is 21.2 Å². The maximum atomic E-state index is 13.8. The van der Waals surface area contributed by atoms with Crippen LogP contribution in [0.25, 0.3) is 0 Å². The molecule has 1 atom stereocenters. The van der Waals surface area contributed by atoms with Crippen molar-refractivity contribution in [3.8, 4) is 0 Å². The molecule has 0 aliphatic heterocycles. The zero-order chi connectivity index (χ0) is 15.2. The molecule has 0 radical (unpaired) electrons. The Balaban J connectivity index is 2.64. The molecule has 0 aromatic heterocycles. The second kappa shape index (κ2) is 7.94. The Morgan fingerprint density at radius 2 is 1.75 bits per heavy atom. The lowest BCUT2D eigenvalue weighted by Gasteiger charge is -2.25. The van der Waals surface area contributed by atoms with Crippen molar-refractivity contribution in [3.05, 3.63) is 35.6 Å². The Hall–Kier alpha value is -0.673. The van der Waals surface area contributed by atoms with Gasteiger partial charge in [-0.15, -0.1) is 0 Å². The molecule has 1 unspecified atom stereocenters. The zero-order valence-electron chi connectivity index (χ0n) is 13.7. The summed E-state index contributed by atoms with van der Waals surface area (Å²) in [5.41, 5.74) is 0.863. The highest BCUT2D eigenvalue weighted by atomic mass is 28.3. The van der Waals surface area contributed by atoms with Gasteiger partial charge in [0.15, 0.2) is 0 Å². The Morgan fingerprint density at radius 3 is 2.30 bits per heavy atom. The Bertz CT molecular complexity index is 398. The number of hydrogen-bond acceptors (Lipinski definition) is 1. The van der Waals surface area contributed by atoms with Crippen molar-refractivity contribution in [1.82, 2.24) is 5.32 Å². The lowest BCUT2D eigenvalue weighted by molar-refractivity contribution is 0.463. The van der Waals surface area contributed by atoms with Crippen LogP contribution < -0.4 is 5.32 Å². The first-order chi connectivity index (χ1) is 9.28. The summed E-state index contributed by atoms with van der Waals surface area (Å²) < 4.78 is 13.8. The Labute approximate surface area is 125 Å². The van der Waals surface area contributed by atoms with Gasteiger partial charge in [0.25, 0.3) is 0 Å². The van der Waals surface area contributed by atoms with Gasteiger partial charge in [0.2, 0.25) is 0 Å². The van der Waals surface area contributed by atoms with Gasteiger partial charge in [0.1, 0.15) is 5.82 Å². The van der Waals surface area contributed by atoms with Gasteiger partial charge in [-0.25, -0.2) is 4.39 Å². The van der Waals surface area contributed by atoms with E-state index < -0.39 is 8.07 Å². The molecule has 0 saturated heterocycles. The summed E-state index contributed by atoms with van der Waals surface area (Å²) in [6, 6.07) is 8.44. The van der Waals surface area contributed by atoms with Crippen LogP contribution in [0.3, 0.4) is 0 Å². The molecule has 1 rings (SSSR count). The number of halogens is 1. The molecule has 0 bridgehead atoms. The van der Waals surface area contributed by atoms with Crippen LogP contribution in [0.5, 0.6) is 0 Å². The topological polar surface area (TPSA) is 12.0 Å². The monoisotopic (exact) mass is 295 g/mol. The number of rotatable bonds is 8. The normalized spacial score (nSPS) is 13.8. The SMILES string of the molecule is CC(C)CNCC(Cc1ccccc1F)C[Si](C)(C)C. The van der Waals surface area contributed by atoms with E-state index in [9.17, 15) is 4.39 Å². The third-order valence-electron chi connectivity index (χ3n) is 3.35. The van der Waals surface area contributed by atoms with Crippen LogP contribution in [-0.2, 0) is 6.42 Å². The van der Waals surface area contributed by atoms with Gasteiger partial charge >= 0.3 is 0 Å². The Morgan fingerprint density at radius 1 is 1.10 bits per heavy atom. The van der Waals surface area contributed by atoms with Gasteiger partial charge in [0.05, 0.1) is 0 Å². The third kappa shape index (κ3) is 7.20. The van der Waals surface area contributed by atoms with Crippen LogP contribution in [0, 0.1) is 17.7 Å². The molecular weight excluding hydrogens is 265 g/mol. The van der Waals surface area contributed by atoms with Gasteiger partial charge in [-0.1, -0.05) is 57.7 Å². The minimum absolute atomic E-state index is 0.0584. The van der Waals surface area contributed by atoms with E-state index in [1.165, 1.54) is 6.04 Å².